The number of methoxy groups -OCH3 is 4. The molecule has 0 fully saturated rings. The van der Waals surface area contributed by atoms with E-state index in [1.165, 1.54) is 47.9 Å². The molecule has 0 saturated heterocycles. The van der Waals surface area contributed by atoms with E-state index in [4.69, 9.17) is 18.9 Å². The Morgan fingerprint density at radius 2 is 1.06 bits per heavy atom. The Balaban J connectivity index is 1.09. The van der Waals surface area contributed by atoms with Crippen LogP contribution in [0.4, 0.5) is 0 Å². The Kier molecular flexibility index (Phi) is 9.76. The molecule has 0 aromatic heterocycles. The van der Waals surface area contributed by atoms with Crippen LogP contribution in [-0.4, -0.2) is 53.6 Å². The monoisotopic (exact) mass is 496 g/mol. The van der Waals surface area contributed by atoms with Crippen molar-refractivity contribution < 1.29 is 18.9 Å². The largest absolute Gasteiger partial charge is 0.493 e. The van der Waals surface area contributed by atoms with Gasteiger partial charge >= 0.3 is 0 Å². The minimum Gasteiger partial charge on any atom is -0.493 e. The molecule has 2 aliphatic rings. The first-order valence-corrected chi connectivity index (χ1v) is 13.6. The summed E-state index contributed by atoms with van der Waals surface area (Å²) in [6.07, 6.45) is 11.6. The fraction of sp³-hybridized carbons (Fsp3) is 0.600. The SMILES string of the molecule is COc1ccc2c(c1OC)CCC(NCCCCCCNC1CCc3c(ccc(OC)c3OC)C1)C2. The maximum atomic E-state index is 5.63. The Morgan fingerprint density at radius 3 is 1.44 bits per heavy atom. The first kappa shape index (κ1) is 26.6. The summed E-state index contributed by atoms with van der Waals surface area (Å²) >= 11 is 0. The van der Waals surface area contributed by atoms with E-state index in [2.05, 4.69) is 22.8 Å². The van der Waals surface area contributed by atoms with Crippen molar-refractivity contribution in [1.29, 1.82) is 0 Å². The summed E-state index contributed by atoms with van der Waals surface area (Å²) < 4.78 is 22.2. The molecule has 36 heavy (non-hydrogen) atoms. The van der Waals surface area contributed by atoms with Crippen molar-refractivity contribution in [3.63, 3.8) is 0 Å². The van der Waals surface area contributed by atoms with Crippen molar-refractivity contribution in [1.82, 2.24) is 10.6 Å². The normalized spacial score (nSPS) is 18.8. The van der Waals surface area contributed by atoms with E-state index in [9.17, 15) is 0 Å². The molecule has 198 valence electrons. The lowest BCUT2D eigenvalue weighted by Crippen LogP contribution is -2.35. The Morgan fingerprint density at radius 1 is 0.611 bits per heavy atom. The maximum Gasteiger partial charge on any atom is 0.164 e. The highest BCUT2D eigenvalue weighted by Crippen LogP contribution is 2.38. The van der Waals surface area contributed by atoms with Gasteiger partial charge in [-0.05, 0) is 87.7 Å². The molecule has 0 heterocycles. The predicted octanol–water partition coefficient (Wildman–Crippen LogP) is 4.88. The molecule has 0 bridgehead atoms. The van der Waals surface area contributed by atoms with Gasteiger partial charge in [0.15, 0.2) is 23.0 Å². The smallest absolute Gasteiger partial charge is 0.164 e. The van der Waals surface area contributed by atoms with Crippen LogP contribution < -0.4 is 29.6 Å². The molecule has 2 N–H and O–H groups in total. The fourth-order valence-corrected chi connectivity index (χ4v) is 5.93. The molecule has 0 saturated carbocycles. The van der Waals surface area contributed by atoms with Gasteiger partial charge in [0.2, 0.25) is 0 Å². The lowest BCUT2D eigenvalue weighted by molar-refractivity contribution is 0.346. The van der Waals surface area contributed by atoms with Crippen LogP contribution in [0.25, 0.3) is 0 Å². The van der Waals surface area contributed by atoms with E-state index in [-0.39, 0.29) is 0 Å². The summed E-state index contributed by atoms with van der Waals surface area (Å²) in [7, 11) is 6.89. The molecule has 2 atom stereocenters. The first-order valence-electron chi connectivity index (χ1n) is 13.6. The van der Waals surface area contributed by atoms with Crippen molar-refractivity contribution in [2.24, 2.45) is 0 Å². The van der Waals surface area contributed by atoms with Gasteiger partial charge in [-0.2, -0.15) is 0 Å². The standard InChI is InChI=1S/C30H44N2O4/c1-33-27-15-9-21-19-23(11-13-25(21)29(27)35-3)31-17-7-5-6-8-18-32-24-12-14-26-22(20-24)10-16-28(34-2)30(26)36-4/h9-10,15-16,23-24,31-32H,5-8,11-14,17-20H2,1-4H3. The molecule has 2 unspecified atom stereocenters. The van der Waals surface area contributed by atoms with Gasteiger partial charge in [0.05, 0.1) is 28.4 Å². The highest BCUT2D eigenvalue weighted by atomic mass is 16.5. The van der Waals surface area contributed by atoms with Gasteiger partial charge in [-0.1, -0.05) is 25.0 Å². The van der Waals surface area contributed by atoms with Crippen molar-refractivity contribution >= 4 is 0 Å². The van der Waals surface area contributed by atoms with Crippen LogP contribution >= 0.6 is 0 Å². The second kappa shape index (κ2) is 13.2. The summed E-state index contributed by atoms with van der Waals surface area (Å²) in [4.78, 5) is 0. The van der Waals surface area contributed by atoms with Gasteiger partial charge in [0.1, 0.15) is 0 Å². The van der Waals surface area contributed by atoms with Gasteiger partial charge in [-0.15, -0.1) is 0 Å². The Bertz CT molecular complexity index is 914. The molecule has 2 aromatic carbocycles. The number of unbranched alkanes of at least 4 members (excludes halogenated alkanes) is 3. The summed E-state index contributed by atoms with van der Waals surface area (Å²) in [5.41, 5.74) is 5.43. The van der Waals surface area contributed by atoms with Crippen LogP contribution in [-0.2, 0) is 25.7 Å². The van der Waals surface area contributed by atoms with E-state index in [1.54, 1.807) is 28.4 Å². The fourth-order valence-electron chi connectivity index (χ4n) is 5.93. The minimum absolute atomic E-state index is 0.560. The van der Waals surface area contributed by atoms with E-state index < -0.39 is 0 Å². The molecular formula is C30H44N2O4. The van der Waals surface area contributed by atoms with Crippen molar-refractivity contribution in [2.45, 2.75) is 76.3 Å². The lowest BCUT2D eigenvalue weighted by Gasteiger charge is -2.28. The third-order valence-electron chi connectivity index (χ3n) is 7.88. The molecule has 2 aromatic rings. The molecular weight excluding hydrogens is 452 g/mol. The third kappa shape index (κ3) is 6.27. The Labute approximate surface area is 217 Å². The molecule has 6 heteroatoms. The van der Waals surface area contributed by atoms with Crippen LogP contribution in [0.2, 0.25) is 0 Å². The number of rotatable bonds is 13. The molecule has 0 spiro atoms. The Hall–Kier alpha value is -2.44. The van der Waals surface area contributed by atoms with Crippen LogP contribution in [0, 0.1) is 0 Å². The molecule has 2 aliphatic carbocycles. The quantitative estimate of drug-likeness (QED) is 0.386. The van der Waals surface area contributed by atoms with Gasteiger partial charge in [0, 0.05) is 23.2 Å². The molecule has 4 rings (SSSR count). The minimum atomic E-state index is 0.560. The summed E-state index contributed by atoms with van der Waals surface area (Å²) in [6.45, 7) is 2.21. The molecule has 6 nitrogen and oxygen atoms in total. The van der Waals surface area contributed by atoms with Crippen LogP contribution in [0.3, 0.4) is 0 Å². The van der Waals surface area contributed by atoms with E-state index in [1.807, 2.05) is 12.1 Å². The topological polar surface area (TPSA) is 61.0 Å². The summed E-state index contributed by atoms with van der Waals surface area (Å²) in [6, 6.07) is 9.60. The number of hydrogen-bond acceptors (Lipinski definition) is 6. The van der Waals surface area contributed by atoms with Gasteiger partial charge in [-0.3, -0.25) is 0 Å². The van der Waals surface area contributed by atoms with Crippen molar-refractivity contribution in [3.05, 3.63) is 46.5 Å². The van der Waals surface area contributed by atoms with Gasteiger partial charge in [0.25, 0.3) is 0 Å². The zero-order valence-corrected chi connectivity index (χ0v) is 22.6. The van der Waals surface area contributed by atoms with E-state index >= 15 is 0 Å². The average molecular weight is 497 g/mol. The van der Waals surface area contributed by atoms with Gasteiger partial charge < -0.3 is 29.6 Å². The van der Waals surface area contributed by atoms with Crippen LogP contribution in [0.5, 0.6) is 23.0 Å². The zero-order chi connectivity index (χ0) is 25.3. The lowest BCUT2D eigenvalue weighted by atomic mass is 9.87. The number of nitrogens with one attached hydrogen (secondary N) is 2. The van der Waals surface area contributed by atoms with Crippen molar-refractivity contribution in [2.75, 3.05) is 41.5 Å². The second-order valence-corrected chi connectivity index (χ2v) is 10.1. The number of fused-ring (bicyclic) bond motifs is 2. The number of benzene rings is 2. The maximum absolute atomic E-state index is 5.63. The van der Waals surface area contributed by atoms with E-state index in [0.717, 1.165) is 74.6 Å². The first-order chi connectivity index (χ1) is 17.7. The van der Waals surface area contributed by atoms with Crippen LogP contribution in [0.1, 0.15) is 60.8 Å². The van der Waals surface area contributed by atoms with Crippen molar-refractivity contribution in [3.8, 4) is 23.0 Å². The summed E-state index contributed by atoms with van der Waals surface area (Å²) in [5, 5.41) is 7.58. The average Bonchev–Trinajstić information content (AvgIpc) is 2.92. The second-order valence-electron chi connectivity index (χ2n) is 10.1. The van der Waals surface area contributed by atoms with E-state index in [0.29, 0.717) is 12.1 Å². The molecule has 0 aliphatic heterocycles. The highest BCUT2D eigenvalue weighted by molar-refractivity contribution is 5.53. The molecule has 0 amide bonds. The highest BCUT2D eigenvalue weighted by Gasteiger charge is 2.24. The van der Waals surface area contributed by atoms with Crippen LogP contribution in [0.15, 0.2) is 24.3 Å². The summed E-state index contributed by atoms with van der Waals surface area (Å²) in [5.74, 6) is 3.51. The number of hydrogen-bond donors (Lipinski definition) is 2. The van der Waals surface area contributed by atoms with Gasteiger partial charge in [-0.25, -0.2) is 0 Å². The molecule has 0 radical (unpaired) electrons. The number of ether oxygens (including phenoxy) is 4. The third-order valence-corrected chi connectivity index (χ3v) is 7.88. The zero-order valence-electron chi connectivity index (χ0n) is 22.6. The predicted molar refractivity (Wildman–Crippen MR) is 145 cm³/mol.